The molecule has 5 heteroatoms. The Morgan fingerprint density at radius 2 is 2.44 bits per heavy atom. The standard InChI is InChI=1S/C11H16BrNOS2/c1-8-5-3-4-6-11(14-8,15-2)10-13-9(12)7-16-10/h7-8H,3-6H2,1-2H3. The SMILES string of the molecule is CSC1(c2nc(Br)cs2)CCCCC(C)O1. The summed E-state index contributed by atoms with van der Waals surface area (Å²) in [5.74, 6) is 0. The molecular formula is C11H16BrNOS2. The molecule has 2 rings (SSSR count). The van der Waals surface area contributed by atoms with Gasteiger partial charge in [-0.05, 0) is 48.4 Å². The van der Waals surface area contributed by atoms with E-state index in [0.29, 0.717) is 6.10 Å². The maximum absolute atomic E-state index is 6.24. The highest BCUT2D eigenvalue weighted by Crippen LogP contribution is 2.45. The molecule has 0 N–H and O–H groups in total. The Morgan fingerprint density at radius 1 is 1.62 bits per heavy atom. The van der Waals surface area contributed by atoms with Crippen molar-refractivity contribution < 1.29 is 4.74 Å². The Hall–Kier alpha value is 0.420. The highest BCUT2D eigenvalue weighted by Gasteiger charge is 2.38. The largest absolute Gasteiger partial charge is 0.355 e. The van der Waals surface area contributed by atoms with Crippen molar-refractivity contribution in [3.63, 3.8) is 0 Å². The molecule has 1 aromatic rings. The van der Waals surface area contributed by atoms with Crippen LogP contribution in [0.1, 0.15) is 37.6 Å². The van der Waals surface area contributed by atoms with Crippen LogP contribution >= 0.6 is 39.0 Å². The lowest BCUT2D eigenvalue weighted by atomic mass is 10.1. The van der Waals surface area contributed by atoms with E-state index >= 15 is 0 Å². The van der Waals surface area contributed by atoms with E-state index in [2.05, 4.69) is 34.1 Å². The van der Waals surface area contributed by atoms with Crippen molar-refractivity contribution >= 4 is 39.0 Å². The average Bonchev–Trinajstić information content (AvgIpc) is 2.60. The highest BCUT2D eigenvalue weighted by molar-refractivity contribution is 9.10. The number of halogens is 1. The predicted octanol–water partition coefficient (Wildman–Crippen LogP) is 4.40. The molecule has 1 aliphatic heterocycles. The number of thiazole rings is 1. The van der Waals surface area contributed by atoms with Crippen LogP contribution in [-0.2, 0) is 9.67 Å². The Balaban J connectivity index is 2.29. The summed E-state index contributed by atoms with van der Waals surface area (Å²) in [6.45, 7) is 2.17. The van der Waals surface area contributed by atoms with Crippen molar-refractivity contribution in [2.24, 2.45) is 0 Å². The van der Waals surface area contributed by atoms with Crippen molar-refractivity contribution in [2.45, 2.75) is 43.6 Å². The number of hydrogen-bond donors (Lipinski definition) is 0. The van der Waals surface area contributed by atoms with Gasteiger partial charge in [-0.25, -0.2) is 4.98 Å². The maximum Gasteiger partial charge on any atom is 0.165 e. The van der Waals surface area contributed by atoms with E-state index in [4.69, 9.17) is 4.74 Å². The number of nitrogens with zero attached hydrogens (tertiary/aromatic N) is 1. The van der Waals surface area contributed by atoms with Crippen LogP contribution in [0.15, 0.2) is 9.98 Å². The molecule has 16 heavy (non-hydrogen) atoms. The first-order valence-electron chi connectivity index (χ1n) is 5.51. The Bertz CT molecular complexity index is 358. The molecule has 0 aromatic carbocycles. The van der Waals surface area contributed by atoms with Gasteiger partial charge < -0.3 is 4.74 Å². The molecule has 2 atom stereocenters. The van der Waals surface area contributed by atoms with E-state index in [1.165, 1.54) is 12.8 Å². The van der Waals surface area contributed by atoms with Crippen LogP contribution in [0.3, 0.4) is 0 Å². The molecule has 0 bridgehead atoms. The molecule has 2 unspecified atom stereocenters. The topological polar surface area (TPSA) is 22.1 Å². The second kappa shape index (κ2) is 5.38. The minimum absolute atomic E-state index is 0.216. The first-order valence-corrected chi connectivity index (χ1v) is 8.40. The summed E-state index contributed by atoms with van der Waals surface area (Å²) in [4.78, 5) is 4.33. The molecule has 0 saturated carbocycles. The van der Waals surface area contributed by atoms with Gasteiger partial charge >= 0.3 is 0 Å². The van der Waals surface area contributed by atoms with Crippen LogP contribution in [0, 0.1) is 0 Å². The summed E-state index contributed by atoms with van der Waals surface area (Å²) in [7, 11) is 0. The quantitative estimate of drug-likeness (QED) is 0.806. The molecule has 90 valence electrons. The van der Waals surface area contributed by atoms with Crippen molar-refractivity contribution in [3.05, 3.63) is 15.0 Å². The average molecular weight is 322 g/mol. The number of aromatic nitrogens is 1. The zero-order valence-corrected chi connectivity index (χ0v) is 12.8. The van der Waals surface area contributed by atoms with E-state index in [0.717, 1.165) is 22.5 Å². The third-order valence-electron chi connectivity index (χ3n) is 2.89. The van der Waals surface area contributed by atoms with Crippen molar-refractivity contribution in [3.8, 4) is 0 Å². The third-order valence-corrected chi connectivity index (χ3v) is 5.87. The fourth-order valence-corrected chi connectivity index (χ4v) is 4.60. The molecule has 1 fully saturated rings. The Morgan fingerprint density at radius 3 is 3.06 bits per heavy atom. The first-order chi connectivity index (χ1) is 7.66. The molecule has 0 aliphatic carbocycles. The molecular weight excluding hydrogens is 306 g/mol. The summed E-state index contributed by atoms with van der Waals surface area (Å²) >= 11 is 6.89. The smallest absolute Gasteiger partial charge is 0.165 e. The van der Waals surface area contributed by atoms with Gasteiger partial charge in [0, 0.05) is 5.38 Å². The normalized spacial score (nSPS) is 31.3. The van der Waals surface area contributed by atoms with E-state index < -0.39 is 0 Å². The molecule has 1 aliphatic rings. The van der Waals surface area contributed by atoms with Gasteiger partial charge in [0.25, 0.3) is 0 Å². The first kappa shape index (κ1) is 12.9. The molecule has 2 heterocycles. The third kappa shape index (κ3) is 2.63. The molecule has 0 amide bonds. The second-order valence-electron chi connectivity index (χ2n) is 4.11. The number of ether oxygens (including phenoxy) is 1. The molecule has 1 aromatic heterocycles. The summed E-state index contributed by atoms with van der Waals surface area (Å²) in [5.41, 5.74) is 0. The van der Waals surface area contributed by atoms with Crippen LogP contribution in [0.25, 0.3) is 0 Å². The fourth-order valence-electron chi connectivity index (χ4n) is 2.06. The monoisotopic (exact) mass is 321 g/mol. The van der Waals surface area contributed by atoms with Crippen LogP contribution in [0.2, 0.25) is 0 Å². The van der Waals surface area contributed by atoms with Gasteiger partial charge in [-0.3, -0.25) is 0 Å². The van der Waals surface area contributed by atoms with E-state index in [-0.39, 0.29) is 4.93 Å². The van der Waals surface area contributed by atoms with Gasteiger partial charge in [0.15, 0.2) is 4.93 Å². The van der Waals surface area contributed by atoms with Gasteiger partial charge in [0.05, 0.1) is 6.10 Å². The van der Waals surface area contributed by atoms with E-state index in [9.17, 15) is 0 Å². The van der Waals surface area contributed by atoms with Gasteiger partial charge in [-0.15, -0.1) is 23.1 Å². The summed E-state index contributed by atoms with van der Waals surface area (Å²) < 4.78 is 7.16. The van der Waals surface area contributed by atoms with Crippen molar-refractivity contribution in [1.29, 1.82) is 0 Å². The van der Waals surface area contributed by atoms with Crippen LogP contribution in [0.4, 0.5) is 0 Å². The lowest BCUT2D eigenvalue weighted by Crippen LogP contribution is -2.28. The van der Waals surface area contributed by atoms with Gasteiger partial charge in [-0.1, -0.05) is 6.42 Å². The summed E-state index contributed by atoms with van der Waals surface area (Å²) in [6, 6.07) is 0. The number of thioether (sulfide) groups is 1. The zero-order valence-electron chi connectivity index (χ0n) is 9.53. The molecule has 0 radical (unpaired) electrons. The molecule has 1 saturated heterocycles. The van der Waals surface area contributed by atoms with Crippen LogP contribution in [-0.4, -0.2) is 17.3 Å². The van der Waals surface area contributed by atoms with Crippen molar-refractivity contribution in [2.75, 3.05) is 6.26 Å². The van der Waals surface area contributed by atoms with E-state index in [1.807, 2.05) is 5.38 Å². The minimum Gasteiger partial charge on any atom is -0.355 e. The van der Waals surface area contributed by atoms with Crippen LogP contribution < -0.4 is 0 Å². The van der Waals surface area contributed by atoms with Gasteiger partial charge in [-0.2, -0.15) is 0 Å². The van der Waals surface area contributed by atoms with Crippen LogP contribution in [0.5, 0.6) is 0 Å². The summed E-state index contributed by atoms with van der Waals surface area (Å²) in [5, 5.41) is 3.13. The lowest BCUT2D eigenvalue weighted by molar-refractivity contribution is -0.0252. The van der Waals surface area contributed by atoms with Gasteiger partial charge in [0.2, 0.25) is 0 Å². The van der Waals surface area contributed by atoms with Gasteiger partial charge in [0.1, 0.15) is 9.61 Å². The van der Waals surface area contributed by atoms with E-state index in [1.54, 1.807) is 23.1 Å². The fraction of sp³-hybridized carbons (Fsp3) is 0.727. The predicted molar refractivity (Wildman–Crippen MR) is 74.0 cm³/mol. The Kier molecular flexibility index (Phi) is 4.32. The maximum atomic E-state index is 6.24. The Labute approximate surface area is 113 Å². The zero-order chi connectivity index (χ0) is 11.6. The molecule has 0 spiro atoms. The molecule has 2 nitrogen and oxygen atoms in total. The summed E-state index contributed by atoms with van der Waals surface area (Å²) in [6.07, 6.45) is 7.16. The minimum atomic E-state index is -0.216. The number of hydrogen-bond acceptors (Lipinski definition) is 4. The van der Waals surface area contributed by atoms with Crippen molar-refractivity contribution in [1.82, 2.24) is 4.98 Å². The highest BCUT2D eigenvalue weighted by atomic mass is 79.9. The number of rotatable bonds is 2. The second-order valence-corrected chi connectivity index (χ2v) is 6.84. The lowest BCUT2D eigenvalue weighted by Gasteiger charge is -2.30.